The molecule has 1 aliphatic rings. The van der Waals surface area contributed by atoms with Gasteiger partial charge in [0.25, 0.3) is 0 Å². The summed E-state index contributed by atoms with van der Waals surface area (Å²) < 4.78 is 5.12. The van der Waals surface area contributed by atoms with Gasteiger partial charge in [0, 0.05) is 6.04 Å². The maximum absolute atomic E-state index is 9.32. The highest BCUT2D eigenvalue weighted by Gasteiger charge is 2.18. The summed E-state index contributed by atoms with van der Waals surface area (Å²) in [7, 11) is 0. The Balaban J connectivity index is 1.71. The molecule has 0 aromatic carbocycles. The standard InChI is InChI=1S/C10H16N2O2/c13-9-3-1-8(2-4-9)12-6-10-5-11-7-14-10/h5,7-9,12-13H,1-4,6H2. The predicted molar refractivity (Wildman–Crippen MR) is 51.6 cm³/mol. The van der Waals surface area contributed by atoms with Crippen LogP contribution in [0.15, 0.2) is 17.0 Å². The van der Waals surface area contributed by atoms with Crippen LogP contribution in [0.5, 0.6) is 0 Å². The van der Waals surface area contributed by atoms with Crippen molar-refractivity contribution in [3.8, 4) is 0 Å². The van der Waals surface area contributed by atoms with Crippen LogP contribution < -0.4 is 5.32 Å². The van der Waals surface area contributed by atoms with Crippen molar-refractivity contribution in [2.45, 2.75) is 44.4 Å². The van der Waals surface area contributed by atoms with Gasteiger partial charge in [0.05, 0.1) is 18.8 Å². The summed E-state index contributed by atoms with van der Waals surface area (Å²) in [5.41, 5.74) is 0. The zero-order chi connectivity index (χ0) is 9.80. The summed E-state index contributed by atoms with van der Waals surface area (Å²) in [5, 5.41) is 12.7. The molecule has 0 saturated heterocycles. The third-order valence-corrected chi connectivity index (χ3v) is 2.75. The van der Waals surface area contributed by atoms with Crippen molar-refractivity contribution < 1.29 is 9.52 Å². The van der Waals surface area contributed by atoms with Gasteiger partial charge in [-0.2, -0.15) is 0 Å². The van der Waals surface area contributed by atoms with Crippen LogP contribution in [0.4, 0.5) is 0 Å². The van der Waals surface area contributed by atoms with E-state index >= 15 is 0 Å². The number of nitrogens with one attached hydrogen (secondary N) is 1. The summed E-state index contributed by atoms with van der Waals surface area (Å²) in [6.45, 7) is 0.737. The molecule has 1 saturated carbocycles. The molecule has 0 aliphatic heterocycles. The number of aromatic nitrogens is 1. The number of hydrogen-bond donors (Lipinski definition) is 2. The van der Waals surface area contributed by atoms with Crippen LogP contribution in [0.1, 0.15) is 31.4 Å². The average Bonchev–Trinajstić information content (AvgIpc) is 2.70. The molecule has 14 heavy (non-hydrogen) atoms. The van der Waals surface area contributed by atoms with Crippen molar-refractivity contribution in [1.29, 1.82) is 0 Å². The molecular weight excluding hydrogens is 180 g/mol. The predicted octanol–water partition coefficient (Wildman–Crippen LogP) is 1.07. The van der Waals surface area contributed by atoms with Gasteiger partial charge < -0.3 is 14.8 Å². The highest BCUT2D eigenvalue weighted by molar-refractivity contribution is 4.88. The SMILES string of the molecule is OC1CCC(NCc2cnco2)CC1. The number of oxazole rings is 1. The molecule has 2 rings (SSSR count). The highest BCUT2D eigenvalue weighted by atomic mass is 16.3. The van der Waals surface area contributed by atoms with E-state index in [1.54, 1.807) is 6.20 Å². The first-order valence-electron chi connectivity index (χ1n) is 5.13. The summed E-state index contributed by atoms with van der Waals surface area (Å²) in [4.78, 5) is 3.85. The number of nitrogens with zero attached hydrogens (tertiary/aromatic N) is 1. The smallest absolute Gasteiger partial charge is 0.180 e. The number of hydrogen-bond acceptors (Lipinski definition) is 4. The zero-order valence-corrected chi connectivity index (χ0v) is 8.15. The van der Waals surface area contributed by atoms with Gasteiger partial charge in [-0.25, -0.2) is 4.98 Å². The van der Waals surface area contributed by atoms with Gasteiger partial charge in [0.1, 0.15) is 5.76 Å². The first-order chi connectivity index (χ1) is 6.84. The van der Waals surface area contributed by atoms with E-state index in [1.165, 1.54) is 6.39 Å². The maximum Gasteiger partial charge on any atom is 0.180 e. The van der Waals surface area contributed by atoms with Gasteiger partial charge >= 0.3 is 0 Å². The lowest BCUT2D eigenvalue weighted by Gasteiger charge is -2.25. The summed E-state index contributed by atoms with van der Waals surface area (Å²) in [6, 6.07) is 0.517. The van der Waals surface area contributed by atoms with Crippen molar-refractivity contribution in [3.05, 3.63) is 18.4 Å². The second kappa shape index (κ2) is 4.57. The van der Waals surface area contributed by atoms with Crippen LogP contribution in [0.25, 0.3) is 0 Å². The molecule has 78 valence electrons. The molecule has 1 aromatic heterocycles. The second-order valence-corrected chi connectivity index (χ2v) is 3.85. The number of rotatable bonds is 3. The van der Waals surface area contributed by atoms with E-state index in [9.17, 15) is 5.11 Å². The molecule has 1 aromatic rings. The third-order valence-electron chi connectivity index (χ3n) is 2.75. The van der Waals surface area contributed by atoms with Gasteiger partial charge in [0.2, 0.25) is 0 Å². The first-order valence-corrected chi connectivity index (χ1v) is 5.13. The molecule has 4 heteroatoms. The Morgan fingerprint density at radius 2 is 2.21 bits per heavy atom. The van der Waals surface area contributed by atoms with Crippen LogP contribution in [-0.4, -0.2) is 22.2 Å². The van der Waals surface area contributed by atoms with Crippen LogP contribution in [0.2, 0.25) is 0 Å². The molecule has 1 aliphatic carbocycles. The molecule has 0 atom stereocenters. The lowest BCUT2D eigenvalue weighted by atomic mass is 9.93. The van der Waals surface area contributed by atoms with E-state index < -0.39 is 0 Å². The van der Waals surface area contributed by atoms with E-state index in [4.69, 9.17) is 4.42 Å². The number of aliphatic hydroxyl groups is 1. The fraction of sp³-hybridized carbons (Fsp3) is 0.700. The zero-order valence-electron chi connectivity index (χ0n) is 8.15. The summed E-state index contributed by atoms with van der Waals surface area (Å²) in [6.07, 6.45) is 7.01. The van der Waals surface area contributed by atoms with Gasteiger partial charge in [-0.05, 0) is 25.7 Å². The van der Waals surface area contributed by atoms with Crippen molar-refractivity contribution >= 4 is 0 Å². The largest absolute Gasteiger partial charge is 0.447 e. The minimum Gasteiger partial charge on any atom is -0.447 e. The Morgan fingerprint density at radius 3 is 2.86 bits per heavy atom. The van der Waals surface area contributed by atoms with Gasteiger partial charge in [-0.3, -0.25) is 0 Å². The molecule has 4 nitrogen and oxygen atoms in total. The summed E-state index contributed by atoms with van der Waals surface area (Å²) in [5.74, 6) is 0.871. The van der Waals surface area contributed by atoms with Crippen molar-refractivity contribution in [2.75, 3.05) is 0 Å². The first kappa shape index (κ1) is 9.68. The molecule has 1 heterocycles. The summed E-state index contributed by atoms with van der Waals surface area (Å²) >= 11 is 0. The molecule has 0 unspecified atom stereocenters. The average molecular weight is 196 g/mol. The van der Waals surface area contributed by atoms with Crippen LogP contribution >= 0.6 is 0 Å². The molecule has 2 N–H and O–H groups in total. The Labute approximate surface area is 83.3 Å². The van der Waals surface area contributed by atoms with E-state index in [-0.39, 0.29) is 6.10 Å². The lowest BCUT2D eigenvalue weighted by Crippen LogP contribution is -2.34. The Kier molecular flexibility index (Phi) is 3.16. The van der Waals surface area contributed by atoms with Crippen molar-refractivity contribution in [2.24, 2.45) is 0 Å². The van der Waals surface area contributed by atoms with Crippen LogP contribution in [-0.2, 0) is 6.54 Å². The van der Waals surface area contributed by atoms with E-state index in [0.29, 0.717) is 6.04 Å². The van der Waals surface area contributed by atoms with Gasteiger partial charge in [-0.15, -0.1) is 0 Å². The Hall–Kier alpha value is -0.870. The van der Waals surface area contributed by atoms with E-state index in [1.807, 2.05) is 0 Å². The molecule has 0 amide bonds. The Bertz CT molecular complexity index is 253. The van der Waals surface area contributed by atoms with Crippen molar-refractivity contribution in [1.82, 2.24) is 10.3 Å². The third kappa shape index (κ3) is 2.56. The molecular formula is C10H16N2O2. The molecule has 0 bridgehead atoms. The van der Waals surface area contributed by atoms with Crippen molar-refractivity contribution in [3.63, 3.8) is 0 Å². The minimum atomic E-state index is -0.0849. The monoisotopic (exact) mass is 196 g/mol. The quantitative estimate of drug-likeness (QED) is 0.759. The van der Waals surface area contributed by atoms with E-state index in [2.05, 4.69) is 10.3 Å². The molecule has 1 fully saturated rings. The normalized spacial score (nSPS) is 27.8. The molecule has 0 radical (unpaired) electrons. The fourth-order valence-corrected chi connectivity index (χ4v) is 1.85. The molecule has 0 spiro atoms. The number of aliphatic hydroxyl groups excluding tert-OH is 1. The lowest BCUT2D eigenvalue weighted by molar-refractivity contribution is 0.116. The maximum atomic E-state index is 9.32. The van der Waals surface area contributed by atoms with Gasteiger partial charge in [-0.1, -0.05) is 0 Å². The van der Waals surface area contributed by atoms with Crippen LogP contribution in [0, 0.1) is 0 Å². The van der Waals surface area contributed by atoms with E-state index in [0.717, 1.165) is 38.0 Å². The van der Waals surface area contributed by atoms with Crippen LogP contribution in [0.3, 0.4) is 0 Å². The second-order valence-electron chi connectivity index (χ2n) is 3.85. The minimum absolute atomic E-state index is 0.0849. The topological polar surface area (TPSA) is 58.3 Å². The van der Waals surface area contributed by atoms with Gasteiger partial charge in [0.15, 0.2) is 6.39 Å². The Morgan fingerprint density at radius 1 is 1.43 bits per heavy atom. The highest BCUT2D eigenvalue weighted by Crippen LogP contribution is 2.18. The fourth-order valence-electron chi connectivity index (χ4n) is 1.85.